The van der Waals surface area contributed by atoms with E-state index in [1.165, 1.54) is 35.7 Å². The maximum absolute atomic E-state index is 14.8. The van der Waals surface area contributed by atoms with E-state index >= 15 is 0 Å². The summed E-state index contributed by atoms with van der Waals surface area (Å²) in [7, 11) is 0. The Labute approximate surface area is 129 Å². The van der Waals surface area contributed by atoms with Gasteiger partial charge in [0.2, 0.25) is 5.67 Å². The first-order chi connectivity index (χ1) is 10.5. The van der Waals surface area contributed by atoms with Crippen LogP contribution in [-0.2, 0) is 4.79 Å². The van der Waals surface area contributed by atoms with Crippen LogP contribution in [0.15, 0.2) is 17.9 Å². The molecule has 2 aromatic heterocycles. The smallest absolute Gasteiger partial charge is 0.265 e. The molecule has 1 fully saturated rings. The lowest BCUT2D eigenvalue weighted by Gasteiger charge is -2.21. The molecule has 6 nitrogen and oxygen atoms in total. The molecule has 1 atom stereocenters. The maximum Gasteiger partial charge on any atom is 0.265 e. The summed E-state index contributed by atoms with van der Waals surface area (Å²) in [5.74, 6) is -1.34. The van der Waals surface area contributed by atoms with Crippen molar-refractivity contribution < 1.29 is 13.6 Å². The number of halogens is 2. The number of hydrogen-bond acceptors (Lipinski definition) is 6. The number of nitrogens with one attached hydrogen (secondary N) is 1. The SMILES string of the molecule is Cc1ncnc(N2CCC(F)(C(=O)Nc3nccs3)C2)c1F. The molecule has 1 aliphatic rings. The minimum atomic E-state index is -2.10. The van der Waals surface area contributed by atoms with E-state index < -0.39 is 17.4 Å². The fraction of sp³-hybridized carbons (Fsp3) is 0.385. The number of carbonyl (C=O) groups excluding carboxylic acids is 1. The van der Waals surface area contributed by atoms with Crippen molar-refractivity contribution in [2.75, 3.05) is 23.3 Å². The van der Waals surface area contributed by atoms with Crippen LogP contribution in [0.1, 0.15) is 12.1 Å². The Kier molecular flexibility index (Phi) is 3.73. The molecule has 0 spiro atoms. The van der Waals surface area contributed by atoms with Gasteiger partial charge in [-0.05, 0) is 6.92 Å². The quantitative estimate of drug-likeness (QED) is 0.934. The predicted molar refractivity (Wildman–Crippen MR) is 78.1 cm³/mol. The Balaban J connectivity index is 1.75. The first kappa shape index (κ1) is 14.8. The van der Waals surface area contributed by atoms with E-state index in [2.05, 4.69) is 20.3 Å². The van der Waals surface area contributed by atoms with E-state index in [4.69, 9.17) is 0 Å². The van der Waals surface area contributed by atoms with Gasteiger partial charge in [0.05, 0.1) is 12.2 Å². The Morgan fingerprint density at radius 2 is 2.27 bits per heavy atom. The van der Waals surface area contributed by atoms with Crippen molar-refractivity contribution in [3.63, 3.8) is 0 Å². The molecule has 22 heavy (non-hydrogen) atoms. The molecule has 116 valence electrons. The van der Waals surface area contributed by atoms with Crippen LogP contribution < -0.4 is 10.2 Å². The maximum atomic E-state index is 14.8. The van der Waals surface area contributed by atoms with Crippen LogP contribution in [0, 0.1) is 12.7 Å². The minimum Gasteiger partial charge on any atom is -0.350 e. The molecule has 1 amide bonds. The van der Waals surface area contributed by atoms with Crippen LogP contribution in [0.25, 0.3) is 0 Å². The van der Waals surface area contributed by atoms with Gasteiger partial charge in [0.25, 0.3) is 5.91 Å². The van der Waals surface area contributed by atoms with E-state index in [-0.39, 0.29) is 31.0 Å². The minimum absolute atomic E-state index is 0.0223. The number of aryl methyl sites for hydroxylation is 1. The van der Waals surface area contributed by atoms with Crippen molar-refractivity contribution in [3.05, 3.63) is 29.4 Å². The van der Waals surface area contributed by atoms with Crippen molar-refractivity contribution >= 4 is 28.2 Å². The molecule has 0 aliphatic carbocycles. The van der Waals surface area contributed by atoms with Crippen LogP contribution in [0.5, 0.6) is 0 Å². The Bertz CT molecular complexity index is 696. The standard InChI is InChI=1S/C13H13F2N5OS/c1-8-9(14)10(18-7-17-8)20-4-2-13(15,6-20)11(21)19-12-16-3-5-22-12/h3,5,7H,2,4,6H2,1H3,(H,16,19,21). The Morgan fingerprint density at radius 1 is 1.45 bits per heavy atom. The monoisotopic (exact) mass is 325 g/mol. The van der Waals surface area contributed by atoms with E-state index in [1.807, 2.05) is 0 Å². The number of hydrogen-bond donors (Lipinski definition) is 1. The average Bonchev–Trinajstić information content (AvgIpc) is 3.12. The van der Waals surface area contributed by atoms with Crippen molar-refractivity contribution in [2.24, 2.45) is 0 Å². The fourth-order valence-electron chi connectivity index (χ4n) is 2.30. The first-order valence-corrected chi connectivity index (χ1v) is 7.49. The molecule has 0 bridgehead atoms. The van der Waals surface area contributed by atoms with Gasteiger partial charge in [0.1, 0.15) is 6.33 Å². The molecule has 3 rings (SSSR count). The average molecular weight is 325 g/mol. The third kappa shape index (κ3) is 2.63. The number of rotatable bonds is 3. The Hall–Kier alpha value is -2.16. The predicted octanol–water partition coefficient (Wildman–Crippen LogP) is 1.94. The summed E-state index contributed by atoms with van der Waals surface area (Å²) in [6.45, 7) is 1.46. The molecule has 1 aliphatic heterocycles. The third-order valence-electron chi connectivity index (χ3n) is 3.52. The lowest BCUT2D eigenvalue weighted by molar-refractivity contribution is -0.126. The number of aromatic nitrogens is 3. The van der Waals surface area contributed by atoms with Crippen LogP contribution in [-0.4, -0.2) is 39.6 Å². The van der Waals surface area contributed by atoms with Crippen molar-refractivity contribution in [1.29, 1.82) is 0 Å². The summed E-state index contributed by atoms with van der Waals surface area (Å²) in [6, 6.07) is 0. The van der Waals surface area contributed by atoms with Gasteiger partial charge >= 0.3 is 0 Å². The number of alkyl halides is 1. The second-order valence-corrected chi connectivity index (χ2v) is 5.92. The first-order valence-electron chi connectivity index (χ1n) is 6.61. The van der Waals surface area contributed by atoms with Crippen molar-refractivity contribution in [1.82, 2.24) is 15.0 Å². The van der Waals surface area contributed by atoms with Gasteiger partial charge in [-0.25, -0.2) is 23.7 Å². The third-order valence-corrected chi connectivity index (χ3v) is 4.21. The highest BCUT2D eigenvalue weighted by Crippen LogP contribution is 2.31. The van der Waals surface area contributed by atoms with Crippen LogP contribution in [0.4, 0.5) is 19.7 Å². The van der Waals surface area contributed by atoms with Gasteiger partial charge in [-0.3, -0.25) is 10.1 Å². The van der Waals surface area contributed by atoms with E-state index in [0.29, 0.717) is 5.13 Å². The summed E-state index contributed by atoms with van der Waals surface area (Å²) in [5, 5.41) is 4.46. The molecule has 3 heterocycles. The molecule has 1 saturated heterocycles. The molecular formula is C13H13F2N5OS. The van der Waals surface area contributed by atoms with E-state index in [1.54, 1.807) is 5.38 Å². The summed E-state index contributed by atoms with van der Waals surface area (Å²) in [5.41, 5.74) is -1.91. The molecule has 1 N–H and O–H groups in total. The molecule has 0 saturated carbocycles. The number of thiazole rings is 1. The van der Waals surface area contributed by atoms with E-state index in [0.717, 1.165) is 0 Å². The highest BCUT2D eigenvalue weighted by molar-refractivity contribution is 7.13. The van der Waals surface area contributed by atoms with Gasteiger partial charge in [-0.15, -0.1) is 11.3 Å². The summed E-state index contributed by atoms with van der Waals surface area (Å²) in [4.78, 5) is 25.0. The van der Waals surface area contributed by atoms with Crippen LogP contribution in [0.2, 0.25) is 0 Å². The molecular weight excluding hydrogens is 312 g/mol. The molecule has 0 radical (unpaired) electrons. The van der Waals surface area contributed by atoms with Gasteiger partial charge in [0.15, 0.2) is 16.8 Å². The number of carbonyl (C=O) groups is 1. The number of amides is 1. The van der Waals surface area contributed by atoms with Gasteiger partial charge in [-0.1, -0.05) is 0 Å². The molecule has 1 unspecified atom stereocenters. The van der Waals surface area contributed by atoms with Crippen LogP contribution in [0.3, 0.4) is 0 Å². The van der Waals surface area contributed by atoms with Crippen molar-refractivity contribution in [3.8, 4) is 0 Å². The van der Waals surface area contributed by atoms with Gasteiger partial charge < -0.3 is 4.90 Å². The normalized spacial score (nSPS) is 21.1. The molecule has 9 heteroatoms. The summed E-state index contributed by atoms with van der Waals surface area (Å²) < 4.78 is 28.8. The van der Waals surface area contributed by atoms with Crippen LogP contribution >= 0.6 is 11.3 Å². The zero-order valence-corrected chi connectivity index (χ0v) is 12.5. The fourth-order valence-corrected chi connectivity index (χ4v) is 2.82. The molecule has 0 aromatic carbocycles. The summed E-state index contributed by atoms with van der Waals surface area (Å²) in [6.07, 6.45) is 2.71. The number of nitrogens with zero attached hydrogens (tertiary/aromatic N) is 4. The second-order valence-electron chi connectivity index (χ2n) is 5.02. The van der Waals surface area contributed by atoms with Crippen molar-refractivity contribution in [2.45, 2.75) is 19.0 Å². The zero-order valence-electron chi connectivity index (χ0n) is 11.7. The largest absolute Gasteiger partial charge is 0.350 e. The Morgan fingerprint density at radius 3 is 3.00 bits per heavy atom. The number of anilines is 2. The lowest BCUT2D eigenvalue weighted by atomic mass is 10.1. The highest BCUT2D eigenvalue weighted by Gasteiger charge is 2.46. The topological polar surface area (TPSA) is 71.0 Å². The summed E-state index contributed by atoms with van der Waals surface area (Å²) >= 11 is 1.21. The second kappa shape index (κ2) is 5.56. The molecule has 2 aromatic rings. The van der Waals surface area contributed by atoms with Gasteiger partial charge in [-0.2, -0.15) is 0 Å². The highest BCUT2D eigenvalue weighted by atomic mass is 32.1. The van der Waals surface area contributed by atoms with E-state index in [9.17, 15) is 13.6 Å². The zero-order chi connectivity index (χ0) is 15.7. The lowest BCUT2D eigenvalue weighted by Crippen LogP contribution is -2.41. The van der Waals surface area contributed by atoms with Gasteiger partial charge in [0, 0.05) is 24.5 Å².